The predicted octanol–water partition coefficient (Wildman–Crippen LogP) is 9.39. The molecule has 4 rings (SSSR count). The molecule has 0 saturated heterocycles. The Labute approximate surface area is 306 Å². The SMILES string of the molecule is CCCCC(CC)COC(=O)c1ccc(Cc2nc(Nc3ccc(C(=O)O)cc3)nc(Nc3ccc(C(=O)OCC(CC)CCCC)cc3)n2)cc1. The summed E-state index contributed by atoms with van der Waals surface area (Å²) in [5, 5.41) is 15.6. The fraction of sp³-hybridized carbons (Fsp3) is 0.415. The van der Waals surface area contributed by atoms with Gasteiger partial charge in [-0.25, -0.2) is 14.4 Å². The second-order valence-corrected chi connectivity index (χ2v) is 13.0. The predicted molar refractivity (Wildman–Crippen MR) is 203 cm³/mol. The van der Waals surface area contributed by atoms with E-state index in [2.05, 4.69) is 53.3 Å². The van der Waals surface area contributed by atoms with Gasteiger partial charge in [-0.1, -0.05) is 78.4 Å². The maximum atomic E-state index is 12.7. The first-order valence-electron chi connectivity index (χ1n) is 18.4. The molecule has 52 heavy (non-hydrogen) atoms. The first-order valence-corrected chi connectivity index (χ1v) is 18.4. The van der Waals surface area contributed by atoms with E-state index in [1.54, 1.807) is 48.5 Å². The smallest absolute Gasteiger partial charge is 0.338 e. The zero-order chi connectivity index (χ0) is 37.3. The van der Waals surface area contributed by atoms with Gasteiger partial charge in [0, 0.05) is 17.8 Å². The van der Waals surface area contributed by atoms with Gasteiger partial charge in [0.1, 0.15) is 5.82 Å². The Morgan fingerprint density at radius 3 is 1.44 bits per heavy atom. The van der Waals surface area contributed by atoms with Crippen LogP contribution >= 0.6 is 0 Å². The monoisotopic (exact) mass is 709 g/mol. The normalized spacial score (nSPS) is 12.1. The lowest BCUT2D eigenvalue weighted by molar-refractivity contribution is 0.0419. The molecule has 3 aromatic carbocycles. The van der Waals surface area contributed by atoms with Gasteiger partial charge in [-0.3, -0.25) is 0 Å². The quantitative estimate of drug-likeness (QED) is 0.0709. The highest BCUT2D eigenvalue weighted by molar-refractivity contribution is 5.90. The van der Waals surface area contributed by atoms with Crippen molar-refractivity contribution in [1.82, 2.24) is 15.0 Å². The number of hydrogen-bond donors (Lipinski definition) is 3. The van der Waals surface area contributed by atoms with E-state index in [-0.39, 0.29) is 29.4 Å². The van der Waals surface area contributed by atoms with Crippen molar-refractivity contribution >= 4 is 41.2 Å². The molecule has 0 aliphatic carbocycles. The summed E-state index contributed by atoms with van der Waals surface area (Å²) in [4.78, 5) is 50.6. The van der Waals surface area contributed by atoms with Crippen molar-refractivity contribution in [2.75, 3.05) is 23.8 Å². The van der Waals surface area contributed by atoms with Crippen LogP contribution in [0.3, 0.4) is 0 Å². The second kappa shape index (κ2) is 20.5. The van der Waals surface area contributed by atoms with Crippen molar-refractivity contribution in [3.63, 3.8) is 0 Å². The van der Waals surface area contributed by atoms with Gasteiger partial charge in [-0.2, -0.15) is 15.0 Å². The number of carboxylic acids is 1. The highest BCUT2D eigenvalue weighted by atomic mass is 16.5. The highest BCUT2D eigenvalue weighted by Gasteiger charge is 2.15. The number of anilines is 4. The molecule has 1 aromatic heterocycles. The van der Waals surface area contributed by atoms with E-state index < -0.39 is 5.97 Å². The number of aromatic nitrogens is 3. The maximum absolute atomic E-state index is 12.7. The number of ether oxygens (including phenoxy) is 2. The lowest BCUT2D eigenvalue weighted by Gasteiger charge is -2.15. The fourth-order valence-electron chi connectivity index (χ4n) is 5.55. The highest BCUT2D eigenvalue weighted by Crippen LogP contribution is 2.21. The average molecular weight is 710 g/mol. The van der Waals surface area contributed by atoms with Crippen molar-refractivity contribution < 1.29 is 29.0 Å². The molecule has 0 bridgehead atoms. The number of carbonyl (C=O) groups is 3. The summed E-state index contributed by atoms with van der Waals surface area (Å²) < 4.78 is 11.2. The van der Waals surface area contributed by atoms with Gasteiger partial charge in [0.05, 0.1) is 29.9 Å². The Bertz CT molecular complexity index is 1630. The molecule has 4 aromatic rings. The number of esters is 2. The molecule has 0 amide bonds. The van der Waals surface area contributed by atoms with Crippen LogP contribution in [0.25, 0.3) is 0 Å². The zero-order valence-corrected chi connectivity index (χ0v) is 30.7. The molecule has 0 fully saturated rings. The summed E-state index contributed by atoms with van der Waals surface area (Å²) in [5.74, 6) is -0.0413. The number of nitrogens with one attached hydrogen (secondary N) is 2. The van der Waals surface area contributed by atoms with Gasteiger partial charge in [0.2, 0.25) is 11.9 Å². The van der Waals surface area contributed by atoms with Gasteiger partial charge in [-0.15, -0.1) is 0 Å². The van der Waals surface area contributed by atoms with Crippen molar-refractivity contribution in [2.45, 2.75) is 85.5 Å². The third-order valence-corrected chi connectivity index (χ3v) is 8.99. The zero-order valence-electron chi connectivity index (χ0n) is 30.7. The molecule has 0 aliphatic heterocycles. The van der Waals surface area contributed by atoms with E-state index in [4.69, 9.17) is 9.47 Å². The maximum Gasteiger partial charge on any atom is 0.338 e. The summed E-state index contributed by atoms with van der Waals surface area (Å²) in [6, 6.07) is 20.4. The van der Waals surface area contributed by atoms with E-state index in [0.717, 1.165) is 56.9 Å². The third kappa shape index (κ3) is 12.5. The van der Waals surface area contributed by atoms with Crippen molar-refractivity contribution in [3.05, 3.63) is 101 Å². The van der Waals surface area contributed by atoms with Gasteiger partial charge in [0.25, 0.3) is 0 Å². The number of aromatic carboxylic acids is 1. The molecule has 11 heteroatoms. The number of carbonyl (C=O) groups excluding carboxylic acids is 2. The van der Waals surface area contributed by atoms with Crippen LogP contribution in [0.5, 0.6) is 0 Å². The van der Waals surface area contributed by atoms with Crippen LogP contribution in [0.1, 0.15) is 122 Å². The van der Waals surface area contributed by atoms with E-state index >= 15 is 0 Å². The Kier molecular flexibility index (Phi) is 15.6. The summed E-state index contributed by atoms with van der Waals surface area (Å²) >= 11 is 0. The molecule has 0 radical (unpaired) electrons. The van der Waals surface area contributed by atoms with Crippen LogP contribution in [0, 0.1) is 11.8 Å². The van der Waals surface area contributed by atoms with Crippen molar-refractivity contribution in [2.24, 2.45) is 11.8 Å². The lowest BCUT2D eigenvalue weighted by Crippen LogP contribution is -2.14. The van der Waals surface area contributed by atoms with Crippen LogP contribution in [-0.4, -0.2) is 51.2 Å². The molecule has 2 atom stereocenters. The molecule has 11 nitrogen and oxygen atoms in total. The summed E-state index contributed by atoms with van der Waals surface area (Å²) in [7, 11) is 0. The first-order chi connectivity index (χ1) is 25.2. The van der Waals surface area contributed by atoms with Crippen LogP contribution in [0.2, 0.25) is 0 Å². The Balaban J connectivity index is 1.48. The third-order valence-electron chi connectivity index (χ3n) is 8.99. The van der Waals surface area contributed by atoms with Gasteiger partial charge >= 0.3 is 17.9 Å². The summed E-state index contributed by atoms with van der Waals surface area (Å²) in [6.07, 6.45) is 8.83. The van der Waals surface area contributed by atoms with Gasteiger partial charge in [0.15, 0.2) is 0 Å². The van der Waals surface area contributed by atoms with Gasteiger partial charge < -0.3 is 25.2 Å². The number of benzene rings is 3. The van der Waals surface area contributed by atoms with Crippen LogP contribution in [0.4, 0.5) is 23.3 Å². The minimum atomic E-state index is -1.02. The molecule has 0 saturated carbocycles. The van der Waals surface area contributed by atoms with E-state index in [9.17, 15) is 19.5 Å². The number of nitrogens with zero attached hydrogens (tertiary/aromatic N) is 3. The van der Waals surface area contributed by atoms with E-state index in [1.807, 2.05) is 12.1 Å². The van der Waals surface area contributed by atoms with Crippen molar-refractivity contribution in [1.29, 1.82) is 0 Å². The molecule has 276 valence electrons. The second-order valence-electron chi connectivity index (χ2n) is 13.0. The van der Waals surface area contributed by atoms with Crippen LogP contribution in [0.15, 0.2) is 72.8 Å². The van der Waals surface area contributed by atoms with Crippen LogP contribution in [-0.2, 0) is 15.9 Å². The Morgan fingerprint density at radius 1 is 0.615 bits per heavy atom. The molecule has 0 aliphatic rings. The molecular formula is C41H51N5O6. The number of rotatable bonds is 21. The minimum absolute atomic E-state index is 0.159. The molecule has 1 heterocycles. The topological polar surface area (TPSA) is 153 Å². The molecule has 2 unspecified atom stereocenters. The van der Waals surface area contributed by atoms with E-state index in [1.165, 1.54) is 12.1 Å². The lowest BCUT2D eigenvalue weighted by atomic mass is 10.0. The molecule has 0 spiro atoms. The van der Waals surface area contributed by atoms with Gasteiger partial charge in [-0.05, 0) is 90.9 Å². The van der Waals surface area contributed by atoms with Crippen LogP contribution < -0.4 is 10.6 Å². The Hall–Kier alpha value is -5.32. The minimum Gasteiger partial charge on any atom is -0.478 e. The average Bonchev–Trinajstić information content (AvgIpc) is 3.15. The molecular weight excluding hydrogens is 658 g/mol. The number of carboxylic acid groups (broad SMARTS) is 1. The standard InChI is InChI=1S/C41H51N5O6/c1-5-9-11-28(7-3)26-51-38(49)32-15-13-30(14-16-32)25-36-44-40(42-34-21-17-31(18-22-34)37(47)48)46-41(45-36)43-35-23-19-33(20-24-35)39(50)52-27-29(8-4)12-10-6-2/h13-24,28-29H,5-12,25-27H2,1-4H3,(H,47,48)(H2,42,43,44,45,46). The molecule has 3 N–H and O–H groups in total. The largest absolute Gasteiger partial charge is 0.478 e. The summed E-state index contributed by atoms with van der Waals surface area (Å²) in [5.41, 5.74) is 3.22. The number of hydrogen-bond acceptors (Lipinski definition) is 10. The van der Waals surface area contributed by atoms with Crippen molar-refractivity contribution in [3.8, 4) is 0 Å². The first kappa shape index (κ1) is 39.5. The summed E-state index contributed by atoms with van der Waals surface area (Å²) in [6.45, 7) is 9.37. The fourth-order valence-corrected chi connectivity index (χ4v) is 5.55. The van der Waals surface area contributed by atoms with E-state index in [0.29, 0.717) is 59.8 Å². The Morgan fingerprint density at radius 2 is 1.04 bits per heavy atom. The number of unbranched alkanes of at least 4 members (excludes halogenated alkanes) is 2.